The summed E-state index contributed by atoms with van der Waals surface area (Å²) in [6.45, 7) is 11.9. The Morgan fingerprint density at radius 1 is 0.302 bits per heavy atom. The molecule has 570 valence electrons. The fourth-order valence-corrected chi connectivity index (χ4v) is 13.3. The van der Waals surface area contributed by atoms with Crippen LogP contribution in [-0.2, 0) is 65.4 Å². The van der Waals surface area contributed by atoms with Crippen LogP contribution in [0.2, 0.25) is 0 Å². The van der Waals surface area contributed by atoms with Crippen molar-refractivity contribution in [1.82, 2.24) is 0 Å². The number of aliphatic hydroxyl groups is 1. The Labute approximate surface area is 588 Å². The van der Waals surface area contributed by atoms with Crippen LogP contribution >= 0.6 is 15.6 Å². The molecular weight excluding hydrogens is 1260 g/mol. The van der Waals surface area contributed by atoms with Crippen molar-refractivity contribution < 1.29 is 80.2 Å². The largest absolute Gasteiger partial charge is 0.472 e. The van der Waals surface area contributed by atoms with E-state index in [1.165, 1.54) is 199 Å². The topological polar surface area (TPSA) is 237 Å². The molecule has 6 atom stereocenters. The van der Waals surface area contributed by atoms with Gasteiger partial charge in [0.25, 0.3) is 0 Å². The van der Waals surface area contributed by atoms with E-state index >= 15 is 0 Å². The maximum absolute atomic E-state index is 13.1. The number of esters is 4. The predicted molar refractivity (Wildman–Crippen MR) is 391 cm³/mol. The molecule has 3 unspecified atom stereocenters. The van der Waals surface area contributed by atoms with Gasteiger partial charge in [-0.05, 0) is 43.4 Å². The summed E-state index contributed by atoms with van der Waals surface area (Å²) in [5, 5.41) is 10.6. The molecule has 0 aliphatic rings. The molecule has 0 saturated heterocycles. The second-order valence-electron chi connectivity index (χ2n) is 28.9. The molecule has 0 rings (SSSR count). The molecule has 0 saturated carbocycles. The molecule has 17 nitrogen and oxygen atoms in total. The molecule has 96 heavy (non-hydrogen) atoms. The summed E-state index contributed by atoms with van der Waals surface area (Å²) in [5.41, 5.74) is 0. The van der Waals surface area contributed by atoms with Crippen molar-refractivity contribution in [3.8, 4) is 0 Å². The lowest BCUT2D eigenvalue weighted by Gasteiger charge is -2.21. The molecule has 0 aromatic rings. The van der Waals surface area contributed by atoms with Gasteiger partial charge >= 0.3 is 39.5 Å². The third-order valence-corrected chi connectivity index (χ3v) is 20.1. The highest BCUT2D eigenvalue weighted by atomic mass is 31.2. The quantitative estimate of drug-likeness (QED) is 0.0222. The number of aliphatic hydroxyl groups excluding tert-OH is 1. The first-order valence-electron chi connectivity index (χ1n) is 39.9. The first-order valence-corrected chi connectivity index (χ1v) is 42.9. The third-order valence-electron chi connectivity index (χ3n) is 18.2. The van der Waals surface area contributed by atoms with Gasteiger partial charge in [0.2, 0.25) is 0 Å². The summed E-state index contributed by atoms with van der Waals surface area (Å²) < 4.78 is 68.6. The summed E-state index contributed by atoms with van der Waals surface area (Å²) in [4.78, 5) is 72.8. The maximum atomic E-state index is 13.1. The van der Waals surface area contributed by atoms with Crippen molar-refractivity contribution in [2.24, 2.45) is 17.8 Å². The van der Waals surface area contributed by atoms with E-state index in [-0.39, 0.29) is 25.7 Å². The fraction of sp³-hybridized carbons (Fsp3) is 0.948. The highest BCUT2D eigenvalue weighted by Gasteiger charge is 2.30. The van der Waals surface area contributed by atoms with E-state index in [1.807, 2.05) is 0 Å². The Balaban J connectivity index is 5.24. The monoisotopic (exact) mass is 1410 g/mol. The summed E-state index contributed by atoms with van der Waals surface area (Å²) in [6, 6.07) is 0. The van der Waals surface area contributed by atoms with Crippen LogP contribution < -0.4 is 0 Å². The Hall–Kier alpha value is -1.94. The van der Waals surface area contributed by atoms with E-state index in [4.69, 9.17) is 37.0 Å². The summed E-state index contributed by atoms with van der Waals surface area (Å²) in [5.74, 6) is 0.159. The van der Waals surface area contributed by atoms with E-state index in [0.717, 1.165) is 108 Å². The number of carbonyl (C=O) groups excluding carboxylic acids is 4. The Morgan fingerprint density at radius 2 is 0.531 bits per heavy atom. The van der Waals surface area contributed by atoms with Gasteiger partial charge in [0.15, 0.2) is 12.2 Å². The second kappa shape index (κ2) is 67.5. The molecule has 0 aromatic heterocycles. The van der Waals surface area contributed by atoms with E-state index in [1.54, 1.807) is 0 Å². The zero-order chi connectivity index (χ0) is 70.9. The van der Waals surface area contributed by atoms with Crippen molar-refractivity contribution in [2.75, 3.05) is 39.6 Å². The number of ether oxygens (including phenoxy) is 4. The SMILES string of the molecule is CCCCCCCCCCCCCCCCCCC(=O)OC[C@H](COP(=O)(O)OC[C@@H](O)COP(=O)(O)OC[C@@H](COC(=O)CCCCCCCCCC(C)C)OC(=O)CCCCCCCCCCC(C)CC)OC(=O)CCCCCCCCCCCCCCCCCC(C)C. The summed E-state index contributed by atoms with van der Waals surface area (Å²) in [6.07, 6.45) is 54.1. The Kier molecular flexibility index (Phi) is 66.2. The highest BCUT2D eigenvalue weighted by Crippen LogP contribution is 2.45. The van der Waals surface area contributed by atoms with E-state index in [2.05, 4.69) is 48.5 Å². The zero-order valence-corrected chi connectivity index (χ0v) is 64.6. The molecule has 0 spiro atoms. The van der Waals surface area contributed by atoms with Gasteiger partial charge in [-0.15, -0.1) is 0 Å². The summed E-state index contributed by atoms with van der Waals surface area (Å²) >= 11 is 0. The van der Waals surface area contributed by atoms with Crippen LogP contribution in [-0.4, -0.2) is 96.7 Å². The van der Waals surface area contributed by atoms with Crippen LogP contribution in [0.15, 0.2) is 0 Å². The minimum absolute atomic E-state index is 0.104. The zero-order valence-electron chi connectivity index (χ0n) is 62.8. The first kappa shape index (κ1) is 94.1. The van der Waals surface area contributed by atoms with E-state index in [9.17, 15) is 43.2 Å². The number of unbranched alkanes of at least 4 members (excludes halogenated alkanes) is 42. The average molecular weight is 1410 g/mol. The average Bonchev–Trinajstić information content (AvgIpc) is 1.61. The van der Waals surface area contributed by atoms with Gasteiger partial charge in [-0.2, -0.15) is 0 Å². The standard InChI is InChI=1S/C77H150O17P2/c1-8-10-11-12-13-14-15-16-17-20-23-26-29-37-44-51-58-74(79)87-64-72(93-76(81)60-53-46-38-30-27-24-21-18-19-22-25-28-34-41-48-55-68(3)4)66-91-95(83,84)89-62-71(78)63-90-96(85,86)92-67-73(65-88-75(80)59-52-45-40-33-35-42-49-56-69(5)6)94-77(82)61-54-47-39-32-31-36-43-50-57-70(7)9-2/h68-73,78H,8-67H2,1-7H3,(H,83,84)(H,85,86)/t70?,71-,72-,73-/m1/s1. The lowest BCUT2D eigenvalue weighted by atomic mass is 9.99. The molecule has 0 aliphatic carbocycles. The molecule has 0 fully saturated rings. The number of phosphoric ester groups is 2. The van der Waals surface area contributed by atoms with Crippen LogP contribution in [0.1, 0.15) is 395 Å². The predicted octanol–water partition coefficient (Wildman–Crippen LogP) is 22.6. The number of rotatable bonds is 75. The summed E-state index contributed by atoms with van der Waals surface area (Å²) in [7, 11) is -9.91. The lowest BCUT2D eigenvalue weighted by Crippen LogP contribution is -2.30. The third kappa shape index (κ3) is 69.2. The lowest BCUT2D eigenvalue weighted by molar-refractivity contribution is -0.161. The number of carbonyl (C=O) groups is 4. The van der Waals surface area contributed by atoms with Crippen molar-refractivity contribution in [2.45, 2.75) is 414 Å². The number of phosphoric acid groups is 2. The van der Waals surface area contributed by atoms with E-state index in [0.29, 0.717) is 31.6 Å². The fourth-order valence-electron chi connectivity index (χ4n) is 11.7. The van der Waals surface area contributed by atoms with Crippen LogP contribution in [0.5, 0.6) is 0 Å². The van der Waals surface area contributed by atoms with Crippen LogP contribution in [0, 0.1) is 17.8 Å². The van der Waals surface area contributed by atoms with Crippen LogP contribution in [0.3, 0.4) is 0 Å². The Bertz CT molecular complexity index is 1870. The first-order chi connectivity index (χ1) is 46.3. The van der Waals surface area contributed by atoms with Crippen LogP contribution in [0.25, 0.3) is 0 Å². The molecule has 3 N–H and O–H groups in total. The minimum atomic E-state index is -4.96. The van der Waals surface area contributed by atoms with E-state index < -0.39 is 97.5 Å². The molecular formula is C77H150O17P2. The van der Waals surface area contributed by atoms with Gasteiger partial charge in [0, 0.05) is 25.7 Å². The van der Waals surface area contributed by atoms with Crippen molar-refractivity contribution in [3.05, 3.63) is 0 Å². The number of hydrogen-bond donors (Lipinski definition) is 3. The highest BCUT2D eigenvalue weighted by molar-refractivity contribution is 7.47. The molecule has 0 amide bonds. The molecule has 0 aliphatic heterocycles. The van der Waals surface area contributed by atoms with Gasteiger partial charge in [0.1, 0.15) is 19.3 Å². The molecule has 0 aromatic carbocycles. The normalized spacial score (nSPS) is 14.3. The maximum Gasteiger partial charge on any atom is 0.472 e. The molecule has 0 bridgehead atoms. The van der Waals surface area contributed by atoms with Gasteiger partial charge in [0.05, 0.1) is 26.4 Å². The molecule has 19 heteroatoms. The van der Waals surface area contributed by atoms with Crippen molar-refractivity contribution in [3.63, 3.8) is 0 Å². The van der Waals surface area contributed by atoms with Gasteiger partial charge < -0.3 is 33.8 Å². The Morgan fingerprint density at radius 3 is 0.792 bits per heavy atom. The van der Waals surface area contributed by atoms with Gasteiger partial charge in [-0.3, -0.25) is 37.3 Å². The molecule has 0 heterocycles. The van der Waals surface area contributed by atoms with Gasteiger partial charge in [-0.25, -0.2) is 9.13 Å². The number of hydrogen-bond acceptors (Lipinski definition) is 15. The van der Waals surface area contributed by atoms with Crippen molar-refractivity contribution >= 4 is 39.5 Å². The van der Waals surface area contributed by atoms with Crippen molar-refractivity contribution in [1.29, 1.82) is 0 Å². The molecule has 0 radical (unpaired) electrons. The smallest absolute Gasteiger partial charge is 0.462 e. The van der Waals surface area contributed by atoms with Crippen LogP contribution in [0.4, 0.5) is 0 Å². The second-order valence-corrected chi connectivity index (χ2v) is 31.8. The minimum Gasteiger partial charge on any atom is -0.462 e. The van der Waals surface area contributed by atoms with Gasteiger partial charge in [-0.1, -0.05) is 344 Å².